The molecule has 0 fully saturated rings. The summed E-state index contributed by atoms with van der Waals surface area (Å²) in [4.78, 5) is 0. The zero-order valence-corrected chi connectivity index (χ0v) is 10.1. The van der Waals surface area contributed by atoms with Crippen molar-refractivity contribution >= 4 is 7.14 Å². The molecular weight excluding hydrogens is 181 g/mol. The van der Waals surface area contributed by atoms with Gasteiger partial charge in [-0.3, -0.25) is 0 Å². The second kappa shape index (κ2) is 5.29. The van der Waals surface area contributed by atoms with Gasteiger partial charge in [0, 0.05) is 12.4 Å². The summed E-state index contributed by atoms with van der Waals surface area (Å²) >= 11 is 0. The van der Waals surface area contributed by atoms with E-state index in [1.54, 1.807) is 0 Å². The fourth-order valence-electron chi connectivity index (χ4n) is 1.04. The Morgan fingerprint density at radius 1 is 1.38 bits per heavy atom. The van der Waals surface area contributed by atoms with Gasteiger partial charge in [0.05, 0.1) is 6.29 Å². The molecule has 0 aliphatic heterocycles. The van der Waals surface area contributed by atoms with E-state index in [-0.39, 0.29) is 0 Å². The van der Waals surface area contributed by atoms with Crippen LogP contribution in [0, 0.1) is 6.92 Å². The summed E-state index contributed by atoms with van der Waals surface area (Å²) in [5, 5.41) is 0. The average Bonchev–Trinajstić information content (AvgIpc) is 2.36. The molecule has 0 atom stereocenters. The van der Waals surface area contributed by atoms with Gasteiger partial charge in [-0.25, -0.2) is 0 Å². The minimum atomic E-state index is -1.91. The van der Waals surface area contributed by atoms with Gasteiger partial charge in [0.15, 0.2) is 0 Å². The zero-order valence-electron chi connectivity index (χ0n) is 9.24. The first-order valence-electron chi connectivity index (χ1n) is 4.64. The van der Waals surface area contributed by atoms with Crippen LogP contribution in [-0.2, 0) is 10.9 Å². The van der Waals surface area contributed by atoms with E-state index in [4.69, 9.17) is 0 Å². The summed E-state index contributed by atoms with van der Waals surface area (Å²) in [5.41, 5.74) is 1.22. The zero-order chi connectivity index (χ0) is 10.5. The van der Waals surface area contributed by atoms with Gasteiger partial charge in [0.2, 0.25) is 0 Å². The van der Waals surface area contributed by atoms with Crippen molar-refractivity contribution in [3.05, 3.63) is 24.0 Å². The molecule has 76 valence electrons. The maximum atomic E-state index is 11.4. The minimum Gasteiger partial charge on any atom is -0.347 e. The first-order chi connectivity index (χ1) is 5.97. The molecule has 3 heteroatoms. The lowest BCUT2D eigenvalue weighted by Gasteiger charge is -2.06. The van der Waals surface area contributed by atoms with Crippen LogP contribution in [0.2, 0.25) is 0 Å². The molecule has 0 spiro atoms. The first-order valence-corrected chi connectivity index (χ1v) is 7.42. The summed E-state index contributed by atoms with van der Waals surface area (Å²) in [6.07, 6.45) is 4.63. The molecule has 0 radical (unpaired) electrons. The highest BCUT2D eigenvalue weighted by Crippen LogP contribution is 2.37. The van der Waals surface area contributed by atoms with E-state index >= 15 is 0 Å². The molecule has 1 aromatic heterocycles. The summed E-state index contributed by atoms with van der Waals surface area (Å²) in [6, 6.07) is 2.02. The Morgan fingerprint density at radius 3 is 2.23 bits per heavy atom. The van der Waals surface area contributed by atoms with E-state index in [1.165, 1.54) is 5.56 Å². The Bertz CT molecular complexity index is 285. The van der Waals surface area contributed by atoms with Gasteiger partial charge in [-0.1, -0.05) is 13.8 Å². The van der Waals surface area contributed by atoms with E-state index in [9.17, 15) is 4.57 Å². The second-order valence-corrected chi connectivity index (χ2v) is 6.85. The molecule has 1 rings (SSSR count). The molecule has 13 heavy (non-hydrogen) atoms. The summed E-state index contributed by atoms with van der Waals surface area (Å²) in [6.45, 7) is 9.65. The summed E-state index contributed by atoms with van der Waals surface area (Å²) < 4.78 is 13.4. The monoisotopic (exact) mass is 201 g/mol. The Morgan fingerprint density at radius 2 is 1.92 bits per heavy atom. The van der Waals surface area contributed by atoms with Crippen LogP contribution in [0.3, 0.4) is 0 Å². The highest BCUT2D eigenvalue weighted by molar-refractivity contribution is 7.61. The molecule has 0 aromatic carbocycles. The smallest absolute Gasteiger partial charge is 0.100 e. The van der Waals surface area contributed by atoms with Gasteiger partial charge < -0.3 is 9.13 Å². The van der Waals surface area contributed by atoms with Crippen LogP contribution < -0.4 is 0 Å². The second-order valence-electron chi connectivity index (χ2n) is 3.42. The third kappa shape index (κ3) is 5.70. The van der Waals surface area contributed by atoms with Gasteiger partial charge in [-0.15, -0.1) is 0 Å². The number of aryl methyl sites for hydroxylation is 1. The van der Waals surface area contributed by atoms with Crippen molar-refractivity contribution in [1.82, 2.24) is 4.57 Å². The average molecular weight is 201 g/mol. The van der Waals surface area contributed by atoms with Crippen molar-refractivity contribution in [3.63, 3.8) is 0 Å². The molecule has 2 nitrogen and oxygen atoms in total. The van der Waals surface area contributed by atoms with Gasteiger partial charge in [0.1, 0.15) is 7.14 Å². The largest absolute Gasteiger partial charge is 0.347 e. The SMILES string of the molecule is CC.Cc1ccn(CP(C)(C)=O)c1. The molecule has 0 saturated heterocycles. The molecule has 0 aliphatic rings. The third-order valence-electron chi connectivity index (χ3n) is 1.40. The van der Waals surface area contributed by atoms with Crippen LogP contribution in [0.5, 0.6) is 0 Å². The minimum absolute atomic E-state index is 0.654. The van der Waals surface area contributed by atoms with Crippen LogP contribution in [0.25, 0.3) is 0 Å². The van der Waals surface area contributed by atoms with Crippen molar-refractivity contribution in [1.29, 1.82) is 0 Å². The Balaban J connectivity index is 0.000000671. The van der Waals surface area contributed by atoms with Crippen LogP contribution in [-0.4, -0.2) is 17.9 Å². The maximum absolute atomic E-state index is 11.4. The summed E-state index contributed by atoms with van der Waals surface area (Å²) in [7, 11) is -1.91. The maximum Gasteiger partial charge on any atom is 0.100 e. The number of nitrogens with zero attached hydrogens (tertiary/aromatic N) is 1. The lowest BCUT2D eigenvalue weighted by atomic mass is 10.4. The first kappa shape index (κ1) is 12.5. The van der Waals surface area contributed by atoms with Gasteiger partial charge in [0.25, 0.3) is 0 Å². The normalized spacial score (nSPS) is 10.5. The van der Waals surface area contributed by atoms with Crippen molar-refractivity contribution < 1.29 is 4.57 Å². The molecule has 0 bridgehead atoms. The summed E-state index contributed by atoms with van der Waals surface area (Å²) in [5.74, 6) is 0. The van der Waals surface area contributed by atoms with E-state index in [1.807, 2.05) is 57.1 Å². The van der Waals surface area contributed by atoms with Crippen LogP contribution in [0.15, 0.2) is 18.5 Å². The lowest BCUT2D eigenvalue weighted by Crippen LogP contribution is -1.93. The van der Waals surface area contributed by atoms with E-state index < -0.39 is 7.14 Å². The number of hydrogen-bond acceptors (Lipinski definition) is 1. The fourth-order valence-corrected chi connectivity index (χ4v) is 2.00. The molecular formula is C10H20NOP. The van der Waals surface area contributed by atoms with E-state index in [0.717, 1.165) is 0 Å². The molecule has 0 N–H and O–H groups in total. The quantitative estimate of drug-likeness (QED) is 0.672. The Kier molecular flexibility index (Phi) is 5.09. The fraction of sp³-hybridized carbons (Fsp3) is 0.600. The van der Waals surface area contributed by atoms with Crippen molar-refractivity contribution in [2.75, 3.05) is 13.3 Å². The van der Waals surface area contributed by atoms with Crippen LogP contribution in [0.1, 0.15) is 19.4 Å². The molecule has 1 heterocycles. The molecule has 0 unspecified atom stereocenters. The topological polar surface area (TPSA) is 22.0 Å². The van der Waals surface area contributed by atoms with Crippen molar-refractivity contribution in [2.45, 2.75) is 27.1 Å². The number of hydrogen-bond donors (Lipinski definition) is 0. The van der Waals surface area contributed by atoms with Crippen molar-refractivity contribution in [3.8, 4) is 0 Å². The van der Waals surface area contributed by atoms with Gasteiger partial charge in [-0.2, -0.15) is 0 Å². The molecule has 0 saturated carbocycles. The standard InChI is InChI=1S/C8H14NOP.C2H6/c1-8-4-5-9(6-8)7-11(2,3)10;1-2/h4-6H,7H2,1-3H3;1-2H3. The Labute approximate surface area is 81.3 Å². The Hall–Kier alpha value is -0.490. The van der Waals surface area contributed by atoms with E-state index in [0.29, 0.717) is 6.29 Å². The molecule has 0 aliphatic carbocycles. The van der Waals surface area contributed by atoms with Crippen LogP contribution in [0.4, 0.5) is 0 Å². The van der Waals surface area contributed by atoms with Gasteiger partial charge >= 0.3 is 0 Å². The van der Waals surface area contributed by atoms with Crippen LogP contribution >= 0.6 is 7.14 Å². The highest BCUT2D eigenvalue weighted by atomic mass is 31.2. The predicted molar refractivity (Wildman–Crippen MR) is 60.0 cm³/mol. The molecule has 0 amide bonds. The van der Waals surface area contributed by atoms with E-state index in [2.05, 4.69) is 0 Å². The third-order valence-corrected chi connectivity index (χ3v) is 2.41. The lowest BCUT2D eigenvalue weighted by molar-refractivity contribution is 0.574. The number of rotatable bonds is 2. The number of aromatic nitrogens is 1. The predicted octanol–water partition coefficient (Wildman–Crippen LogP) is 3.40. The van der Waals surface area contributed by atoms with Crippen molar-refractivity contribution in [2.24, 2.45) is 0 Å². The highest BCUT2D eigenvalue weighted by Gasteiger charge is 2.06. The van der Waals surface area contributed by atoms with Gasteiger partial charge in [-0.05, 0) is 31.9 Å². The molecule has 1 aromatic rings.